The van der Waals surface area contributed by atoms with E-state index in [4.69, 9.17) is 15.2 Å². The van der Waals surface area contributed by atoms with Gasteiger partial charge >= 0.3 is 0 Å². The molecular formula is C17H19NO2. The molecule has 2 aromatic rings. The number of ether oxygens (including phenoxy) is 2. The van der Waals surface area contributed by atoms with E-state index in [1.54, 1.807) is 0 Å². The summed E-state index contributed by atoms with van der Waals surface area (Å²) in [5.74, 6) is 1.69. The molecule has 2 aromatic carbocycles. The third-order valence-corrected chi connectivity index (χ3v) is 3.58. The van der Waals surface area contributed by atoms with Crippen LogP contribution in [0.25, 0.3) is 0 Å². The Morgan fingerprint density at radius 1 is 0.950 bits per heavy atom. The summed E-state index contributed by atoms with van der Waals surface area (Å²) in [4.78, 5) is 0. The third kappa shape index (κ3) is 2.94. The Hall–Kier alpha value is -2.00. The van der Waals surface area contributed by atoms with Crippen LogP contribution in [0.2, 0.25) is 0 Å². The summed E-state index contributed by atoms with van der Waals surface area (Å²) in [6.07, 6.45) is 1.86. The molecule has 0 saturated carbocycles. The molecular weight excluding hydrogens is 250 g/mol. The van der Waals surface area contributed by atoms with Gasteiger partial charge in [0, 0.05) is 6.04 Å². The van der Waals surface area contributed by atoms with Gasteiger partial charge in [-0.25, -0.2) is 0 Å². The molecule has 0 saturated heterocycles. The first-order valence-corrected chi connectivity index (χ1v) is 7.02. The fraction of sp³-hybridized carbons (Fsp3) is 0.294. The molecule has 1 heterocycles. The summed E-state index contributed by atoms with van der Waals surface area (Å²) in [5, 5.41) is 0. The Bertz CT molecular complexity index is 568. The fourth-order valence-electron chi connectivity index (χ4n) is 2.43. The van der Waals surface area contributed by atoms with E-state index in [2.05, 4.69) is 24.3 Å². The molecule has 3 rings (SSSR count). The Labute approximate surface area is 119 Å². The third-order valence-electron chi connectivity index (χ3n) is 3.58. The molecule has 3 heteroatoms. The maximum absolute atomic E-state index is 6.22. The number of rotatable bonds is 4. The van der Waals surface area contributed by atoms with Gasteiger partial charge in [0.1, 0.15) is 13.2 Å². The lowest BCUT2D eigenvalue weighted by molar-refractivity contribution is 0.171. The van der Waals surface area contributed by atoms with Crippen LogP contribution in [-0.4, -0.2) is 13.2 Å². The second kappa shape index (κ2) is 5.97. The van der Waals surface area contributed by atoms with Gasteiger partial charge in [0.05, 0.1) is 0 Å². The van der Waals surface area contributed by atoms with E-state index >= 15 is 0 Å². The molecule has 104 valence electrons. The van der Waals surface area contributed by atoms with Gasteiger partial charge in [0.2, 0.25) is 0 Å². The lowest BCUT2D eigenvalue weighted by Gasteiger charge is -2.19. The van der Waals surface area contributed by atoms with E-state index in [0.29, 0.717) is 13.2 Å². The molecule has 0 aliphatic carbocycles. The molecule has 0 fully saturated rings. The van der Waals surface area contributed by atoms with Crippen LogP contribution in [0.5, 0.6) is 11.5 Å². The van der Waals surface area contributed by atoms with Crippen molar-refractivity contribution in [3.8, 4) is 11.5 Å². The minimum Gasteiger partial charge on any atom is -0.486 e. The summed E-state index contributed by atoms with van der Waals surface area (Å²) < 4.78 is 11.1. The molecule has 1 aliphatic heterocycles. The minimum atomic E-state index is 0.0735. The number of benzene rings is 2. The fourth-order valence-corrected chi connectivity index (χ4v) is 2.43. The zero-order valence-corrected chi connectivity index (χ0v) is 11.4. The molecule has 2 N–H and O–H groups in total. The molecule has 0 radical (unpaired) electrons. The zero-order valence-electron chi connectivity index (χ0n) is 11.4. The lowest BCUT2D eigenvalue weighted by Crippen LogP contribution is -2.15. The van der Waals surface area contributed by atoms with Crippen LogP contribution in [0.4, 0.5) is 0 Å². The minimum absolute atomic E-state index is 0.0735. The van der Waals surface area contributed by atoms with Gasteiger partial charge in [-0.05, 0) is 36.1 Å². The number of aryl methyl sites for hydroxylation is 1. The van der Waals surface area contributed by atoms with Crippen molar-refractivity contribution in [1.29, 1.82) is 0 Å². The average molecular weight is 269 g/mol. The summed E-state index contributed by atoms with van der Waals surface area (Å²) in [7, 11) is 0. The van der Waals surface area contributed by atoms with E-state index in [-0.39, 0.29) is 6.04 Å². The van der Waals surface area contributed by atoms with Crippen LogP contribution in [0.3, 0.4) is 0 Å². The van der Waals surface area contributed by atoms with Gasteiger partial charge in [-0.1, -0.05) is 36.4 Å². The molecule has 0 spiro atoms. The SMILES string of the molecule is N[C@H](CCc1ccc2c(c1)OCCO2)c1ccccc1. The second-order valence-corrected chi connectivity index (χ2v) is 5.03. The van der Waals surface area contributed by atoms with E-state index in [1.807, 2.05) is 24.3 Å². The molecule has 0 aromatic heterocycles. The predicted octanol–water partition coefficient (Wildman–Crippen LogP) is 3.09. The summed E-state index contributed by atoms with van der Waals surface area (Å²) in [5.41, 5.74) is 8.65. The van der Waals surface area contributed by atoms with Crippen molar-refractivity contribution in [2.75, 3.05) is 13.2 Å². The van der Waals surface area contributed by atoms with Gasteiger partial charge in [0.25, 0.3) is 0 Å². The molecule has 20 heavy (non-hydrogen) atoms. The van der Waals surface area contributed by atoms with Crippen LogP contribution < -0.4 is 15.2 Å². The Morgan fingerprint density at radius 2 is 1.70 bits per heavy atom. The highest BCUT2D eigenvalue weighted by atomic mass is 16.6. The highest BCUT2D eigenvalue weighted by Gasteiger charge is 2.12. The van der Waals surface area contributed by atoms with Crippen molar-refractivity contribution in [3.63, 3.8) is 0 Å². The number of hydrogen-bond acceptors (Lipinski definition) is 3. The van der Waals surface area contributed by atoms with E-state index in [9.17, 15) is 0 Å². The van der Waals surface area contributed by atoms with Crippen LogP contribution in [0, 0.1) is 0 Å². The first kappa shape index (κ1) is 13.0. The summed E-state index contributed by atoms with van der Waals surface area (Å²) in [6, 6.07) is 16.4. The standard InChI is InChI=1S/C17H19NO2/c18-15(14-4-2-1-3-5-14)8-6-13-7-9-16-17(12-13)20-11-10-19-16/h1-5,7,9,12,15H,6,8,10-11,18H2/t15-/m1/s1. The maximum Gasteiger partial charge on any atom is 0.161 e. The monoisotopic (exact) mass is 269 g/mol. The van der Waals surface area contributed by atoms with Gasteiger partial charge < -0.3 is 15.2 Å². The van der Waals surface area contributed by atoms with Crippen molar-refractivity contribution in [1.82, 2.24) is 0 Å². The topological polar surface area (TPSA) is 44.5 Å². The van der Waals surface area contributed by atoms with Crippen LogP contribution >= 0.6 is 0 Å². The Morgan fingerprint density at radius 3 is 2.50 bits per heavy atom. The van der Waals surface area contributed by atoms with E-state index in [0.717, 1.165) is 24.3 Å². The van der Waals surface area contributed by atoms with Crippen molar-refractivity contribution in [3.05, 3.63) is 59.7 Å². The van der Waals surface area contributed by atoms with Crippen LogP contribution in [0.15, 0.2) is 48.5 Å². The second-order valence-electron chi connectivity index (χ2n) is 5.03. The average Bonchev–Trinajstić information content (AvgIpc) is 2.53. The Kier molecular flexibility index (Phi) is 3.88. The molecule has 1 aliphatic rings. The van der Waals surface area contributed by atoms with Crippen molar-refractivity contribution in [2.45, 2.75) is 18.9 Å². The normalized spacial score (nSPS) is 14.8. The van der Waals surface area contributed by atoms with Crippen molar-refractivity contribution in [2.24, 2.45) is 5.73 Å². The quantitative estimate of drug-likeness (QED) is 0.927. The number of fused-ring (bicyclic) bond motifs is 1. The van der Waals surface area contributed by atoms with Crippen molar-refractivity contribution < 1.29 is 9.47 Å². The van der Waals surface area contributed by atoms with Crippen LogP contribution in [-0.2, 0) is 6.42 Å². The van der Waals surface area contributed by atoms with Crippen molar-refractivity contribution >= 4 is 0 Å². The lowest BCUT2D eigenvalue weighted by atomic mass is 9.99. The smallest absolute Gasteiger partial charge is 0.161 e. The van der Waals surface area contributed by atoms with Gasteiger partial charge in [0.15, 0.2) is 11.5 Å². The highest BCUT2D eigenvalue weighted by molar-refractivity contribution is 5.43. The first-order valence-electron chi connectivity index (χ1n) is 7.02. The highest BCUT2D eigenvalue weighted by Crippen LogP contribution is 2.31. The molecule has 0 bridgehead atoms. The largest absolute Gasteiger partial charge is 0.486 e. The van der Waals surface area contributed by atoms with E-state index in [1.165, 1.54) is 11.1 Å². The molecule has 1 atom stereocenters. The van der Waals surface area contributed by atoms with E-state index < -0.39 is 0 Å². The molecule has 3 nitrogen and oxygen atoms in total. The molecule has 0 unspecified atom stereocenters. The van der Waals surface area contributed by atoms with Gasteiger partial charge in [-0.15, -0.1) is 0 Å². The van der Waals surface area contributed by atoms with Crippen LogP contribution in [0.1, 0.15) is 23.6 Å². The first-order chi connectivity index (χ1) is 9.83. The van der Waals surface area contributed by atoms with Gasteiger partial charge in [-0.2, -0.15) is 0 Å². The van der Waals surface area contributed by atoms with Gasteiger partial charge in [-0.3, -0.25) is 0 Å². The predicted molar refractivity (Wildman–Crippen MR) is 79.1 cm³/mol. The summed E-state index contributed by atoms with van der Waals surface area (Å²) in [6.45, 7) is 1.26. The Balaban J connectivity index is 1.64. The number of hydrogen-bond donors (Lipinski definition) is 1. The maximum atomic E-state index is 6.22. The summed E-state index contributed by atoms with van der Waals surface area (Å²) >= 11 is 0. The number of nitrogens with two attached hydrogens (primary N) is 1. The molecule has 0 amide bonds. The zero-order chi connectivity index (χ0) is 13.8.